The lowest BCUT2D eigenvalue weighted by atomic mass is 10.1. The summed E-state index contributed by atoms with van der Waals surface area (Å²) in [5, 5.41) is 12.6. The Bertz CT molecular complexity index is 1310. The van der Waals surface area contributed by atoms with E-state index in [1.165, 1.54) is 11.8 Å². The molecule has 1 heterocycles. The molecule has 0 unspecified atom stereocenters. The highest BCUT2D eigenvalue weighted by atomic mass is 35.5. The second-order valence-corrected chi connectivity index (χ2v) is 9.36. The Kier molecular flexibility index (Phi) is 9.00. The number of rotatable bonds is 11. The summed E-state index contributed by atoms with van der Waals surface area (Å²) < 4.78 is 13.4. The van der Waals surface area contributed by atoms with Crippen LogP contribution in [0.4, 0.5) is 5.69 Å². The van der Waals surface area contributed by atoms with Gasteiger partial charge in [0.1, 0.15) is 12.4 Å². The normalized spacial score (nSPS) is 10.9. The van der Waals surface area contributed by atoms with E-state index in [1.54, 1.807) is 13.2 Å². The van der Waals surface area contributed by atoms with E-state index in [0.717, 1.165) is 22.4 Å². The molecule has 0 spiro atoms. The van der Waals surface area contributed by atoms with Gasteiger partial charge in [-0.2, -0.15) is 0 Å². The number of aromatic nitrogens is 3. The molecule has 0 aliphatic heterocycles. The molecular formula is C27H27ClN4O3S. The van der Waals surface area contributed by atoms with Crippen molar-refractivity contribution in [3.8, 4) is 16.9 Å². The molecule has 0 atom stereocenters. The van der Waals surface area contributed by atoms with Crippen LogP contribution in [-0.2, 0) is 22.7 Å². The fourth-order valence-electron chi connectivity index (χ4n) is 3.57. The van der Waals surface area contributed by atoms with Gasteiger partial charge in [0.2, 0.25) is 5.91 Å². The maximum Gasteiger partial charge on any atom is 0.234 e. The second kappa shape index (κ2) is 12.6. The first kappa shape index (κ1) is 25.8. The third kappa shape index (κ3) is 6.66. The number of nitrogens with one attached hydrogen (secondary N) is 1. The van der Waals surface area contributed by atoms with Gasteiger partial charge in [-0.05, 0) is 36.2 Å². The smallest absolute Gasteiger partial charge is 0.234 e. The number of hydrogen-bond acceptors (Lipinski definition) is 6. The first-order valence-electron chi connectivity index (χ1n) is 11.4. The molecule has 4 rings (SSSR count). The minimum atomic E-state index is -0.179. The average Bonchev–Trinajstić information content (AvgIpc) is 3.28. The molecule has 9 heteroatoms. The zero-order valence-electron chi connectivity index (χ0n) is 20.1. The third-order valence-corrected chi connectivity index (χ3v) is 6.65. The van der Waals surface area contributed by atoms with Crippen molar-refractivity contribution in [1.82, 2.24) is 14.8 Å². The Morgan fingerprint density at radius 2 is 1.83 bits per heavy atom. The number of halogens is 1. The molecule has 0 aliphatic rings. The van der Waals surface area contributed by atoms with Crippen molar-refractivity contribution in [3.63, 3.8) is 0 Å². The first-order chi connectivity index (χ1) is 17.5. The zero-order valence-corrected chi connectivity index (χ0v) is 21.7. The number of carbonyl (C=O) groups excluding carboxylic acids is 1. The molecule has 36 heavy (non-hydrogen) atoms. The summed E-state index contributed by atoms with van der Waals surface area (Å²) in [5.74, 6) is 1.39. The van der Waals surface area contributed by atoms with E-state index in [4.69, 9.17) is 21.1 Å². The largest absolute Gasteiger partial charge is 0.485 e. The number of ether oxygens (including phenoxy) is 2. The maximum absolute atomic E-state index is 12.5. The maximum atomic E-state index is 12.5. The molecule has 0 aliphatic carbocycles. The van der Waals surface area contributed by atoms with Crippen molar-refractivity contribution in [2.75, 3.05) is 24.8 Å². The highest BCUT2D eigenvalue weighted by Crippen LogP contribution is 2.30. The van der Waals surface area contributed by atoms with Crippen molar-refractivity contribution in [1.29, 1.82) is 0 Å². The topological polar surface area (TPSA) is 78.3 Å². The van der Waals surface area contributed by atoms with E-state index >= 15 is 0 Å². The second-order valence-electron chi connectivity index (χ2n) is 8.01. The number of carbonyl (C=O) groups is 1. The van der Waals surface area contributed by atoms with Gasteiger partial charge in [0.25, 0.3) is 0 Å². The predicted octanol–water partition coefficient (Wildman–Crippen LogP) is 5.86. The van der Waals surface area contributed by atoms with Crippen molar-refractivity contribution in [2.24, 2.45) is 0 Å². The van der Waals surface area contributed by atoms with Gasteiger partial charge < -0.3 is 19.4 Å². The molecule has 0 saturated heterocycles. The first-order valence-corrected chi connectivity index (χ1v) is 12.8. The number of amides is 1. The van der Waals surface area contributed by atoms with E-state index in [0.29, 0.717) is 34.8 Å². The highest BCUT2D eigenvalue weighted by Gasteiger charge is 2.16. The van der Waals surface area contributed by atoms with Gasteiger partial charge in [-0.1, -0.05) is 78.0 Å². The number of aryl methyl sites for hydroxylation is 1. The summed E-state index contributed by atoms with van der Waals surface area (Å²) in [5.41, 5.74) is 3.69. The number of nitrogens with zero attached hydrogens (tertiary/aromatic N) is 3. The van der Waals surface area contributed by atoms with Gasteiger partial charge in [-0.15, -0.1) is 10.2 Å². The predicted molar refractivity (Wildman–Crippen MR) is 144 cm³/mol. The molecular weight excluding hydrogens is 496 g/mol. The number of anilines is 1. The van der Waals surface area contributed by atoms with E-state index in [-0.39, 0.29) is 18.3 Å². The summed E-state index contributed by atoms with van der Waals surface area (Å²) in [7, 11) is 1.64. The average molecular weight is 523 g/mol. The Hall–Kier alpha value is -3.33. The molecule has 0 radical (unpaired) electrons. The van der Waals surface area contributed by atoms with Crippen molar-refractivity contribution in [2.45, 2.75) is 25.2 Å². The Morgan fingerprint density at radius 3 is 2.61 bits per heavy atom. The van der Waals surface area contributed by atoms with E-state index < -0.39 is 0 Å². The van der Waals surface area contributed by atoms with Gasteiger partial charge >= 0.3 is 0 Å². The summed E-state index contributed by atoms with van der Waals surface area (Å²) in [6.07, 6.45) is 0. The minimum absolute atomic E-state index is 0.160. The number of hydrogen-bond donors (Lipinski definition) is 1. The van der Waals surface area contributed by atoms with Crippen molar-refractivity contribution < 1.29 is 14.3 Å². The lowest BCUT2D eigenvalue weighted by Crippen LogP contribution is -2.16. The SMILES string of the molecule is COCCn1c(COc2ccccc2-c2ccccc2)nnc1SCC(=O)Nc1ccc(C)cc1Cl. The zero-order chi connectivity index (χ0) is 25.3. The van der Waals surface area contributed by atoms with Crippen LogP contribution in [0.3, 0.4) is 0 Å². The monoisotopic (exact) mass is 522 g/mol. The van der Waals surface area contributed by atoms with Crippen LogP contribution in [0.1, 0.15) is 11.4 Å². The summed E-state index contributed by atoms with van der Waals surface area (Å²) >= 11 is 7.54. The van der Waals surface area contributed by atoms with Gasteiger partial charge in [0.15, 0.2) is 11.0 Å². The molecule has 186 valence electrons. The summed E-state index contributed by atoms with van der Waals surface area (Å²) in [6, 6.07) is 23.5. The molecule has 1 N–H and O–H groups in total. The van der Waals surface area contributed by atoms with Crippen LogP contribution < -0.4 is 10.1 Å². The third-order valence-electron chi connectivity index (χ3n) is 5.37. The van der Waals surface area contributed by atoms with E-state index in [9.17, 15) is 4.79 Å². The van der Waals surface area contributed by atoms with Crippen molar-refractivity contribution in [3.05, 3.63) is 89.2 Å². The van der Waals surface area contributed by atoms with Crippen LogP contribution >= 0.6 is 23.4 Å². The lowest BCUT2D eigenvalue weighted by molar-refractivity contribution is -0.113. The molecule has 0 bridgehead atoms. The van der Waals surface area contributed by atoms with Crippen LogP contribution in [-0.4, -0.2) is 40.1 Å². The Morgan fingerprint density at radius 1 is 1.06 bits per heavy atom. The van der Waals surface area contributed by atoms with Crippen LogP contribution in [0.2, 0.25) is 5.02 Å². The fourth-order valence-corrected chi connectivity index (χ4v) is 4.63. The van der Waals surface area contributed by atoms with Gasteiger partial charge in [0, 0.05) is 19.2 Å². The Balaban J connectivity index is 1.44. The summed E-state index contributed by atoms with van der Waals surface area (Å²) in [6.45, 7) is 3.19. The van der Waals surface area contributed by atoms with Gasteiger partial charge in [-0.25, -0.2) is 0 Å². The molecule has 1 aromatic heterocycles. The molecule has 7 nitrogen and oxygen atoms in total. The molecule has 4 aromatic rings. The van der Waals surface area contributed by atoms with E-state index in [2.05, 4.69) is 15.5 Å². The minimum Gasteiger partial charge on any atom is -0.485 e. The molecule has 0 fully saturated rings. The van der Waals surface area contributed by atoms with Crippen molar-refractivity contribution >= 4 is 35.0 Å². The lowest BCUT2D eigenvalue weighted by Gasteiger charge is -2.13. The number of thioether (sulfide) groups is 1. The van der Waals surface area contributed by atoms with E-state index in [1.807, 2.05) is 78.2 Å². The van der Waals surface area contributed by atoms with Crippen LogP contribution in [0.15, 0.2) is 78.0 Å². The fraction of sp³-hybridized carbons (Fsp3) is 0.222. The number of benzene rings is 3. The van der Waals surface area contributed by atoms with Crippen LogP contribution in [0.25, 0.3) is 11.1 Å². The number of para-hydroxylation sites is 1. The van der Waals surface area contributed by atoms with Crippen LogP contribution in [0.5, 0.6) is 5.75 Å². The number of methoxy groups -OCH3 is 1. The quantitative estimate of drug-likeness (QED) is 0.248. The summed E-state index contributed by atoms with van der Waals surface area (Å²) in [4.78, 5) is 12.5. The molecule has 0 saturated carbocycles. The van der Waals surface area contributed by atoms with Gasteiger partial charge in [0.05, 0.1) is 23.1 Å². The highest BCUT2D eigenvalue weighted by molar-refractivity contribution is 7.99. The van der Waals surface area contributed by atoms with Gasteiger partial charge in [-0.3, -0.25) is 4.79 Å². The van der Waals surface area contributed by atoms with Crippen LogP contribution in [0, 0.1) is 6.92 Å². The standard InChI is InChI=1S/C27H27ClN4O3S/c1-19-12-13-23(22(28)16-19)29-26(33)18-36-27-31-30-25(32(27)14-15-34-2)17-35-24-11-7-6-10-21(24)20-8-4-3-5-9-20/h3-13,16H,14-15,17-18H2,1-2H3,(H,29,33). The Labute approximate surface area is 219 Å². The molecule has 3 aromatic carbocycles. The molecule has 1 amide bonds.